The summed E-state index contributed by atoms with van der Waals surface area (Å²) < 4.78 is 11.5. The molecule has 1 aromatic heterocycles. The van der Waals surface area contributed by atoms with E-state index in [-0.39, 0.29) is 0 Å². The van der Waals surface area contributed by atoms with Gasteiger partial charge in [0, 0.05) is 50.7 Å². The highest BCUT2D eigenvalue weighted by atomic mass is 32.2. The van der Waals surface area contributed by atoms with Gasteiger partial charge in [0.2, 0.25) is 0 Å². The molecule has 0 amide bonds. The van der Waals surface area contributed by atoms with E-state index in [1.165, 1.54) is 0 Å². The fourth-order valence-electron chi connectivity index (χ4n) is 1.66. The molecule has 0 fully saturated rings. The summed E-state index contributed by atoms with van der Waals surface area (Å²) in [4.78, 5) is 8.84. The predicted molar refractivity (Wildman–Crippen MR) is 98.7 cm³/mol. The van der Waals surface area contributed by atoms with Gasteiger partial charge in [0.1, 0.15) is 4.34 Å². The van der Waals surface area contributed by atoms with Crippen molar-refractivity contribution in [2.24, 2.45) is 4.99 Å². The Morgan fingerprint density at radius 1 is 1.30 bits per heavy atom. The summed E-state index contributed by atoms with van der Waals surface area (Å²) >= 11 is 3.48. The standard InChI is InChI=1S/C15H28N4O2S2/c1-3-16-14(17-6-4-9-21-11-10-20-2)18-7-5-12-22-15-19-8-13-23-15/h8,13H,3-7,9-12H2,1-2H3,(H2,16,17,18). The van der Waals surface area contributed by atoms with Crippen LogP contribution in [0.5, 0.6) is 0 Å². The maximum absolute atomic E-state index is 5.43. The predicted octanol–water partition coefficient (Wildman–Crippen LogP) is 2.23. The first-order valence-electron chi connectivity index (χ1n) is 7.98. The van der Waals surface area contributed by atoms with Gasteiger partial charge in [-0.15, -0.1) is 11.3 Å². The summed E-state index contributed by atoms with van der Waals surface area (Å²) in [5, 5.41) is 8.59. The number of hydrogen-bond acceptors (Lipinski definition) is 6. The van der Waals surface area contributed by atoms with E-state index in [9.17, 15) is 0 Å². The van der Waals surface area contributed by atoms with Crippen molar-refractivity contribution < 1.29 is 9.47 Å². The number of aromatic nitrogens is 1. The van der Waals surface area contributed by atoms with E-state index in [1.807, 2.05) is 11.6 Å². The fraction of sp³-hybridized carbons (Fsp3) is 0.733. The van der Waals surface area contributed by atoms with E-state index in [1.54, 1.807) is 30.2 Å². The van der Waals surface area contributed by atoms with Crippen LogP contribution in [0.3, 0.4) is 0 Å². The van der Waals surface area contributed by atoms with Crippen LogP contribution in [0.4, 0.5) is 0 Å². The van der Waals surface area contributed by atoms with Crippen LogP contribution < -0.4 is 10.6 Å². The first-order valence-corrected chi connectivity index (χ1v) is 9.84. The molecule has 0 spiro atoms. The number of nitrogens with one attached hydrogen (secondary N) is 2. The lowest BCUT2D eigenvalue weighted by atomic mass is 10.4. The molecule has 8 heteroatoms. The molecule has 0 saturated carbocycles. The number of thiazole rings is 1. The molecule has 0 aliphatic carbocycles. The van der Waals surface area contributed by atoms with Crippen molar-refractivity contribution in [3.8, 4) is 0 Å². The number of thioether (sulfide) groups is 1. The van der Waals surface area contributed by atoms with Crippen LogP contribution in [0.25, 0.3) is 0 Å². The van der Waals surface area contributed by atoms with Gasteiger partial charge in [-0.1, -0.05) is 11.8 Å². The minimum Gasteiger partial charge on any atom is -0.382 e. The minimum atomic E-state index is 0.649. The monoisotopic (exact) mass is 360 g/mol. The van der Waals surface area contributed by atoms with Gasteiger partial charge in [-0.05, 0) is 19.8 Å². The highest BCUT2D eigenvalue weighted by molar-refractivity contribution is 8.00. The van der Waals surface area contributed by atoms with Crippen molar-refractivity contribution >= 4 is 29.1 Å². The van der Waals surface area contributed by atoms with Crippen molar-refractivity contribution in [2.45, 2.75) is 24.1 Å². The van der Waals surface area contributed by atoms with E-state index in [0.29, 0.717) is 13.2 Å². The lowest BCUT2D eigenvalue weighted by Crippen LogP contribution is -2.38. The average molecular weight is 361 g/mol. The van der Waals surface area contributed by atoms with Crippen molar-refractivity contribution in [1.29, 1.82) is 0 Å². The molecule has 132 valence electrons. The maximum atomic E-state index is 5.43. The summed E-state index contributed by atoms with van der Waals surface area (Å²) in [6.07, 6.45) is 3.84. The van der Waals surface area contributed by atoms with Gasteiger partial charge < -0.3 is 20.1 Å². The molecule has 0 unspecified atom stereocenters. The van der Waals surface area contributed by atoms with Gasteiger partial charge in [0.25, 0.3) is 0 Å². The van der Waals surface area contributed by atoms with Crippen LogP contribution in [0.15, 0.2) is 20.9 Å². The summed E-state index contributed by atoms with van der Waals surface area (Å²) in [6.45, 7) is 6.65. The Kier molecular flexibility index (Phi) is 13.0. The average Bonchev–Trinajstić information content (AvgIpc) is 3.07. The topological polar surface area (TPSA) is 67.8 Å². The van der Waals surface area contributed by atoms with Crippen LogP contribution in [0.1, 0.15) is 19.8 Å². The summed E-state index contributed by atoms with van der Waals surface area (Å²) in [5.74, 6) is 1.92. The molecule has 0 aliphatic rings. The molecule has 0 bridgehead atoms. The number of guanidine groups is 1. The van der Waals surface area contributed by atoms with E-state index in [0.717, 1.165) is 55.1 Å². The largest absolute Gasteiger partial charge is 0.382 e. The fourth-order valence-corrected chi connectivity index (χ4v) is 3.30. The van der Waals surface area contributed by atoms with Crippen LogP contribution in [-0.2, 0) is 9.47 Å². The third-order valence-electron chi connectivity index (χ3n) is 2.74. The molecule has 2 N–H and O–H groups in total. The molecule has 0 radical (unpaired) electrons. The second kappa shape index (κ2) is 14.7. The lowest BCUT2D eigenvalue weighted by Gasteiger charge is -2.11. The highest BCUT2D eigenvalue weighted by Crippen LogP contribution is 2.20. The smallest absolute Gasteiger partial charge is 0.191 e. The molecule has 1 heterocycles. The zero-order chi connectivity index (χ0) is 16.6. The molecular formula is C15H28N4O2S2. The van der Waals surface area contributed by atoms with Gasteiger partial charge in [0.05, 0.1) is 13.2 Å². The molecule has 1 aromatic rings. The van der Waals surface area contributed by atoms with Gasteiger partial charge in [-0.25, -0.2) is 4.98 Å². The first-order chi connectivity index (χ1) is 11.4. The lowest BCUT2D eigenvalue weighted by molar-refractivity contribution is 0.0698. The van der Waals surface area contributed by atoms with Crippen LogP contribution in [0, 0.1) is 0 Å². The van der Waals surface area contributed by atoms with Gasteiger partial charge >= 0.3 is 0 Å². The Hall–Kier alpha value is -0.830. The van der Waals surface area contributed by atoms with Crippen molar-refractivity contribution in [3.05, 3.63) is 11.6 Å². The van der Waals surface area contributed by atoms with Crippen LogP contribution in [-0.4, -0.2) is 63.3 Å². The maximum Gasteiger partial charge on any atom is 0.191 e. The highest BCUT2D eigenvalue weighted by Gasteiger charge is 1.98. The van der Waals surface area contributed by atoms with Gasteiger partial charge in [-0.2, -0.15) is 0 Å². The number of nitrogens with zero attached hydrogens (tertiary/aromatic N) is 2. The normalized spacial score (nSPS) is 11.7. The van der Waals surface area contributed by atoms with E-state index in [2.05, 4.69) is 27.5 Å². The molecule has 0 aromatic carbocycles. The quantitative estimate of drug-likeness (QED) is 0.243. The third-order valence-corrected chi connectivity index (χ3v) is 4.79. The van der Waals surface area contributed by atoms with Crippen LogP contribution in [0.2, 0.25) is 0 Å². The molecular weight excluding hydrogens is 332 g/mol. The van der Waals surface area contributed by atoms with Crippen molar-refractivity contribution in [2.75, 3.05) is 52.3 Å². The van der Waals surface area contributed by atoms with Gasteiger partial charge in [0.15, 0.2) is 5.96 Å². The summed E-state index contributed by atoms with van der Waals surface area (Å²) in [7, 11) is 1.68. The van der Waals surface area contributed by atoms with E-state index < -0.39 is 0 Å². The Balaban J connectivity index is 2.07. The third kappa shape index (κ3) is 11.4. The molecule has 0 saturated heterocycles. The summed E-state index contributed by atoms with van der Waals surface area (Å²) in [5.41, 5.74) is 0. The molecule has 1 rings (SSSR count). The van der Waals surface area contributed by atoms with Gasteiger partial charge in [-0.3, -0.25) is 4.99 Å². The molecule has 0 atom stereocenters. The Morgan fingerprint density at radius 3 is 2.96 bits per heavy atom. The number of ether oxygens (including phenoxy) is 2. The number of aliphatic imine (C=N–C) groups is 1. The summed E-state index contributed by atoms with van der Waals surface area (Å²) in [6, 6.07) is 0. The molecule has 23 heavy (non-hydrogen) atoms. The van der Waals surface area contributed by atoms with Crippen molar-refractivity contribution in [1.82, 2.24) is 15.6 Å². The number of rotatable bonds is 13. The second-order valence-corrected chi connectivity index (χ2v) is 6.88. The van der Waals surface area contributed by atoms with E-state index in [4.69, 9.17) is 9.47 Å². The Bertz CT molecular complexity index is 402. The van der Waals surface area contributed by atoms with Crippen molar-refractivity contribution in [3.63, 3.8) is 0 Å². The van der Waals surface area contributed by atoms with Crippen LogP contribution >= 0.6 is 23.1 Å². The number of methoxy groups -OCH3 is 1. The minimum absolute atomic E-state index is 0.649. The first kappa shape index (κ1) is 20.2. The number of hydrogen-bond donors (Lipinski definition) is 2. The Morgan fingerprint density at radius 2 is 2.22 bits per heavy atom. The molecule has 6 nitrogen and oxygen atoms in total. The zero-order valence-corrected chi connectivity index (χ0v) is 15.7. The SMILES string of the molecule is CCNC(=NCCCSc1nccs1)NCCCOCCOC. The zero-order valence-electron chi connectivity index (χ0n) is 14.0. The van der Waals surface area contributed by atoms with E-state index >= 15 is 0 Å². The molecule has 0 aliphatic heterocycles. The Labute approximate surface area is 147 Å². The second-order valence-electron chi connectivity index (χ2n) is 4.65.